The van der Waals surface area contributed by atoms with E-state index in [4.69, 9.17) is 4.74 Å². The van der Waals surface area contributed by atoms with Crippen molar-refractivity contribution in [3.05, 3.63) is 0 Å². The molecule has 2 amide bonds. The van der Waals surface area contributed by atoms with Gasteiger partial charge >= 0.3 is 6.03 Å². The Bertz CT molecular complexity index is 220. The van der Waals surface area contributed by atoms with E-state index in [0.717, 1.165) is 32.4 Å². The summed E-state index contributed by atoms with van der Waals surface area (Å²) >= 11 is 0. The van der Waals surface area contributed by atoms with E-state index >= 15 is 0 Å². The predicted octanol–water partition coefficient (Wildman–Crippen LogP) is 0.969. The van der Waals surface area contributed by atoms with Crippen LogP contribution in [-0.4, -0.2) is 43.3 Å². The van der Waals surface area contributed by atoms with Gasteiger partial charge in [0.05, 0.1) is 12.1 Å². The van der Waals surface area contributed by atoms with Crippen molar-refractivity contribution < 1.29 is 9.53 Å². The van der Waals surface area contributed by atoms with Crippen LogP contribution in [0.25, 0.3) is 0 Å². The second kappa shape index (κ2) is 4.17. The van der Waals surface area contributed by atoms with Gasteiger partial charge in [0.15, 0.2) is 0 Å². The van der Waals surface area contributed by atoms with E-state index in [9.17, 15) is 4.79 Å². The van der Waals surface area contributed by atoms with Crippen LogP contribution in [0.1, 0.15) is 25.7 Å². The fraction of sp³-hybridized carbons (Fsp3) is 0.900. The van der Waals surface area contributed by atoms with Gasteiger partial charge in [-0.25, -0.2) is 4.79 Å². The van der Waals surface area contributed by atoms with Gasteiger partial charge in [-0.15, -0.1) is 0 Å². The average Bonchev–Trinajstić information content (AvgIpc) is 2.69. The SMILES string of the molecule is COCCCN1C(=O)N[C@@H]2CCC[C@@H]21. The molecule has 2 atom stereocenters. The Morgan fingerprint density at radius 1 is 1.57 bits per heavy atom. The molecule has 80 valence electrons. The van der Waals surface area contributed by atoms with E-state index in [1.165, 1.54) is 6.42 Å². The highest BCUT2D eigenvalue weighted by Crippen LogP contribution is 2.28. The predicted molar refractivity (Wildman–Crippen MR) is 53.2 cm³/mol. The lowest BCUT2D eigenvalue weighted by Crippen LogP contribution is -2.35. The minimum Gasteiger partial charge on any atom is -0.385 e. The average molecular weight is 198 g/mol. The van der Waals surface area contributed by atoms with Gasteiger partial charge in [-0.3, -0.25) is 0 Å². The van der Waals surface area contributed by atoms with Crippen molar-refractivity contribution in [1.29, 1.82) is 0 Å². The molecule has 14 heavy (non-hydrogen) atoms. The van der Waals surface area contributed by atoms with Crippen LogP contribution in [0.2, 0.25) is 0 Å². The maximum atomic E-state index is 11.6. The van der Waals surface area contributed by atoms with Gasteiger partial charge in [0.25, 0.3) is 0 Å². The molecule has 1 aliphatic carbocycles. The summed E-state index contributed by atoms with van der Waals surface area (Å²) < 4.78 is 4.99. The van der Waals surface area contributed by atoms with Gasteiger partial charge < -0.3 is 15.0 Å². The Morgan fingerprint density at radius 2 is 2.43 bits per heavy atom. The van der Waals surface area contributed by atoms with Gasteiger partial charge in [0, 0.05) is 20.3 Å². The third-order valence-corrected chi connectivity index (χ3v) is 3.20. The third-order valence-electron chi connectivity index (χ3n) is 3.20. The Hall–Kier alpha value is -0.770. The number of nitrogens with zero attached hydrogens (tertiary/aromatic N) is 1. The quantitative estimate of drug-likeness (QED) is 0.684. The second-order valence-corrected chi connectivity index (χ2v) is 4.09. The zero-order valence-electron chi connectivity index (χ0n) is 8.66. The molecule has 1 aliphatic heterocycles. The lowest BCUT2D eigenvalue weighted by molar-refractivity contribution is 0.167. The summed E-state index contributed by atoms with van der Waals surface area (Å²) in [6.45, 7) is 1.57. The Balaban J connectivity index is 1.86. The number of ether oxygens (including phenoxy) is 1. The van der Waals surface area contributed by atoms with Crippen LogP contribution >= 0.6 is 0 Å². The lowest BCUT2D eigenvalue weighted by atomic mass is 10.2. The molecule has 2 aliphatic rings. The highest BCUT2D eigenvalue weighted by Gasteiger charge is 2.41. The molecule has 0 spiro atoms. The number of hydrogen-bond donors (Lipinski definition) is 1. The molecule has 1 saturated carbocycles. The first-order valence-corrected chi connectivity index (χ1v) is 5.39. The zero-order valence-corrected chi connectivity index (χ0v) is 8.66. The fourth-order valence-electron chi connectivity index (χ4n) is 2.52. The third kappa shape index (κ3) is 1.71. The monoisotopic (exact) mass is 198 g/mol. The summed E-state index contributed by atoms with van der Waals surface area (Å²) in [6, 6.07) is 1.00. The van der Waals surface area contributed by atoms with Gasteiger partial charge in [-0.1, -0.05) is 0 Å². The molecular formula is C10H18N2O2. The highest BCUT2D eigenvalue weighted by atomic mass is 16.5. The zero-order chi connectivity index (χ0) is 9.97. The van der Waals surface area contributed by atoms with E-state index in [1.54, 1.807) is 7.11 Å². The van der Waals surface area contributed by atoms with E-state index < -0.39 is 0 Å². The summed E-state index contributed by atoms with van der Waals surface area (Å²) in [4.78, 5) is 13.5. The first-order chi connectivity index (χ1) is 6.83. The van der Waals surface area contributed by atoms with Crippen molar-refractivity contribution in [2.75, 3.05) is 20.3 Å². The number of urea groups is 1. The lowest BCUT2D eigenvalue weighted by Gasteiger charge is -2.21. The summed E-state index contributed by atoms with van der Waals surface area (Å²) in [6.07, 6.45) is 4.50. The van der Waals surface area contributed by atoms with Crippen molar-refractivity contribution in [2.45, 2.75) is 37.8 Å². The minimum absolute atomic E-state index is 0.121. The fourth-order valence-corrected chi connectivity index (χ4v) is 2.52. The molecular weight excluding hydrogens is 180 g/mol. The number of nitrogens with one attached hydrogen (secondary N) is 1. The summed E-state index contributed by atoms with van der Waals surface area (Å²) in [7, 11) is 1.70. The summed E-state index contributed by atoms with van der Waals surface area (Å²) in [5, 5.41) is 3.04. The van der Waals surface area contributed by atoms with Crippen LogP contribution in [0.15, 0.2) is 0 Å². The number of hydrogen-bond acceptors (Lipinski definition) is 2. The maximum absolute atomic E-state index is 11.6. The molecule has 0 aromatic carbocycles. The highest BCUT2D eigenvalue weighted by molar-refractivity contribution is 5.77. The topological polar surface area (TPSA) is 41.6 Å². The number of carbonyl (C=O) groups is 1. The summed E-state index contributed by atoms with van der Waals surface area (Å²) in [5.74, 6) is 0. The van der Waals surface area contributed by atoms with E-state index in [2.05, 4.69) is 5.32 Å². The minimum atomic E-state index is 0.121. The number of carbonyl (C=O) groups excluding carboxylic acids is 1. The van der Waals surface area contributed by atoms with Gasteiger partial charge in [0.1, 0.15) is 0 Å². The van der Waals surface area contributed by atoms with Crippen LogP contribution in [0, 0.1) is 0 Å². The number of amides is 2. The molecule has 1 heterocycles. The standard InChI is InChI=1S/C10H18N2O2/c1-14-7-3-6-12-9-5-2-4-8(9)11-10(12)13/h8-9H,2-7H2,1H3,(H,11,13)/t8-,9+/m1/s1. The van der Waals surface area contributed by atoms with E-state index in [-0.39, 0.29) is 6.03 Å². The van der Waals surface area contributed by atoms with Crippen molar-refractivity contribution in [2.24, 2.45) is 0 Å². The molecule has 0 aromatic rings. The van der Waals surface area contributed by atoms with Crippen molar-refractivity contribution in [3.63, 3.8) is 0 Å². The molecule has 2 rings (SSSR count). The van der Waals surface area contributed by atoms with Gasteiger partial charge in [-0.2, -0.15) is 0 Å². The van der Waals surface area contributed by atoms with Crippen LogP contribution in [-0.2, 0) is 4.74 Å². The molecule has 1 saturated heterocycles. The number of methoxy groups -OCH3 is 1. The van der Waals surface area contributed by atoms with Crippen LogP contribution in [0.5, 0.6) is 0 Å². The molecule has 0 unspecified atom stereocenters. The Labute approximate surface area is 84.6 Å². The van der Waals surface area contributed by atoms with Crippen molar-refractivity contribution in [3.8, 4) is 0 Å². The molecule has 2 fully saturated rings. The molecule has 0 radical (unpaired) electrons. The Morgan fingerprint density at radius 3 is 3.21 bits per heavy atom. The smallest absolute Gasteiger partial charge is 0.318 e. The molecule has 0 bridgehead atoms. The van der Waals surface area contributed by atoms with E-state index in [1.807, 2.05) is 4.90 Å². The number of rotatable bonds is 4. The molecule has 0 aromatic heterocycles. The van der Waals surface area contributed by atoms with Crippen LogP contribution in [0.3, 0.4) is 0 Å². The normalized spacial score (nSPS) is 30.6. The van der Waals surface area contributed by atoms with Gasteiger partial charge in [0.2, 0.25) is 0 Å². The molecule has 4 nitrogen and oxygen atoms in total. The van der Waals surface area contributed by atoms with E-state index in [0.29, 0.717) is 12.1 Å². The van der Waals surface area contributed by atoms with Crippen molar-refractivity contribution in [1.82, 2.24) is 10.2 Å². The second-order valence-electron chi connectivity index (χ2n) is 4.09. The first-order valence-electron chi connectivity index (χ1n) is 5.39. The van der Waals surface area contributed by atoms with Gasteiger partial charge in [-0.05, 0) is 25.7 Å². The number of fused-ring (bicyclic) bond motifs is 1. The largest absolute Gasteiger partial charge is 0.385 e. The summed E-state index contributed by atoms with van der Waals surface area (Å²) in [5.41, 5.74) is 0. The maximum Gasteiger partial charge on any atom is 0.318 e. The Kier molecular flexibility index (Phi) is 2.91. The molecule has 1 N–H and O–H groups in total. The first kappa shape index (κ1) is 9.77. The van der Waals surface area contributed by atoms with Crippen molar-refractivity contribution >= 4 is 6.03 Å². The van der Waals surface area contributed by atoms with Crippen LogP contribution < -0.4 is 5.32 Å². The van der Waals surface area contributed by atoms with Crippen LogP contribution in [0.4, 0.5) is 4.79 Å². The molecule has 4 heteroatoms.